The second-order valence-corrected chi connectivity index (χ2v) is 7.84. The fraction of sp³-hybridized carbons (Fsp3) is 0.500. The van der Waals surface area contributed by atoms with Crippen molar-refractivity contribution >= 4 is 24.1 Å². The molecule has 96 valence electrons. The first-order chi connectivity index (χ1) is 8.63. The van der Waals surface area contributed by atoms with Gasteiger partial charge in [-0.1, -0.05) is 0 Å². The summed E-state index contributed by atoms with van der Waals surface area (Å²) < 4.78 is 14.0. The van der Waals surface area contributed by atoms with Crippen molar-refractivity contribution in [1.29, 1.82) is 0 Å². The van der Waals surface area contributed by atoms with Crippen LogP contribution in [0.4, 0.5) is 5.82 Å². The molecule has 18 heavy (non-hydrogen) atoms. The Hall–Kier alpha value is -1.46. The van der Waals surface area contributed by atoms with Crippen LogP contribution in [0.5, 0.6) is 0 Å². The Bertz CT molecular complexity index is 640. The van der Waals surface area contributed by atoms with E-state index in [9.17, 15) is 4.57 Å². The van der Waals surface area contributed by atoms with Gasteiger partial charge < -0.3 is 20.0 Å². The van der Waals surface area contributed by atoms with Gasteiger partial charge in [-0.15, -0.1) is 0 Å². The minimum atomic E-state index is -2.41. The molecule has 0 spiro atoms. The van der Waals surface area contributed by atoms with Crippen molar-refractivity contribution in [3.8, 4) is 0 Å². The molecular formula is C10H14N5O2P. The summed E-state index contributed by atoms with van der Waals surface area (Å²) in [7, 11) is -2.41. The van der Waals surface area contributed by atoms with E-state index in [0.717, 1.165) is 6.42 Å². The second kappa shape index (κ2) is 4.03. The van der Waals surface area contributed by atoms with E-state index in [1.807, 2.05) is 4.57 Å². The molecule has 0 amide bonds. The molecule has 0 bridgehead atoms. The fourth-order valence-electron chi connectivity index (χ4n) is 2.44. The van der Waals surface area contributed by atoms with E-state index in [4.69, 9.17) is 10.8 Å². The molecule has 2 atom stereocenters. The van der Waals surface area contributed by atoms with Crippen molar-refractivity contribution in [1.82, 2.24) is 19.5 Å². The third kappa shape index (κ3) is 1.71. The number of rotatable bonds is 2. The maximum Gasteiger partial charge on any atom is 0.165 e. The summed E-state index contributed by atoms with van der Waals surface area (Å²) in [6, 6.07) is 0.0716. The van der Waals surface area contributed by atoms with Crippen LogP contribution in [0, 0.1) is 0 Å². The zero-order chi connectivity index (χ0) is 12.8. The quantitative estimate of drug-likeness (QED) is 0.774. The summed E-state index contributed by atoms with van der Waals surface area (Å²) in [6.45, 7) is 0. The number of nitrogens with zero attached hydrogens (tertiary/aromatic N) is 4. The molecule has 0 radical (unpaired) electrons. The molecule has 1 aliphatic heterocycles. The summed E-state index contributed by atoms with van der Waals surface area (Å²) in [5.74, 6) is 0.349. The molecule has 3 N–H and O–H groups in total. The Morgan fingerprint density at radius 2 is 2.33 bits per heavy atom. The van der Waals surface area contributed by atoms with Crippen LogP contribution < -0.4 is 5.73 Å². The Labute approximate surface area is 103 Å². The van der Waals surface area contributed by atoms with Crippen molar-refractivity contribution < 1.29 is 9.67 Å². The number of nitrogen functional groups attached to an aromatic ring is 1. The summed E-state index contributed by atoms with van der Waals surface area (Å²) in [5, 5.41) is 9.16. The maximum absolute atomic E-state index is 12.1. The lowest BCUT2D eigenvalue weighted by Crippen LogP contribution is -2.08. The van der Waals surface area contributed by atoms with E-state index >= 15 is 0 Å². The SMILES string of the molecule is Nc1ncnc2c1ncn2[C@H]1CCP(=O)(CO)C1. The molecule has 1 saturated heterocycles. The summed E-state index contributed by atoms with van der Waals surface area (Å²) >= 11 is 0. The second-order valence-electron chi connectivity index (χ2n) is 4.63. The van der Waals surface area contributed by atoms with Crippen LogP contribution in [-0.2, 0) is 4.57 Å². The average Bonchev–Trinajstić information content (AvgIpc) is 2.94. The molecule has 0 aliphatic carbocycles. The van der Waals surface area contributed by atoms with Gasteiger partial charge in [0.1, 0.15) is 19.0 Å². The highest BCUT2D eigenvalue weighted by Gasteiger charge is 2.35. The molecule has 3 rings (SSSR count). The number of imidazole rings is 1. The van der Waals surface area contributed by atoms with Crippen LogP contribution in [0.3, 0.4) is 0 Å². The molecule has 2 aromatic heterocycles. The van der Waals surface area contributed by atoms with Gasteiger partial charge in [0.25, 0.3) is 0 Å². The number of aliphatic hydroxyl groups excluding tert-OH is 1. The van der Waals surface area contributed by atoms with Gasteiger partial charge in [0.05, 0.1) is 12.7 Å². The lowest BCUT2D eigenvalue weighted by Gasteiger charge is -2.12. The van der Waals surface area contributed by atoms with E-state index in [2.05, 4.69) is 15.0 Å². The van der Waals surface area contributed by atoms with Crippen LogP contribution in [0.2, 0.25) is 0 Å². The van der Waals surface area contributed by atoms with Crippen molar-refractivity contribution in [3.05, 3.63) is 12.7 Å². The average molecular weight is 267 g/mol. The first kappa shape index (κ1) is 11.6. The van der Waals surface area contributed by atoms with E-state index in [0.29, 0.717) is 29.3 Å². The van der Waals surface area contributed by atoms with Crippen LogP contribution in [0.1, 0.15) is 12.5 Å². The predicted molar refractivity (Wildman–Crippen MR) is 67.8 cm³/mol. The minimum absolute atomic E-state index is 0.0716. The lowest BCUT2D eigenvalue weighted by molar-refractivity contribution is 0.358. The number of hydrogen-bond donors (Lipinski definition) is 2. The molecule has 3 heterocycles. The normalized spacial score (nSPS) is 27.9. The third-order valence-electron chi connectivity index (χ3n) is 3.45. The van der Waals surface area contributed by atoms with E-state index in [1.54, 1.807) is 6.33 Å². The monoisotopic (exact) mass is 267 g/mol. The first-order valence-corrected chi connectivity index (χ1v) is 8.00. The first-order valence-electron chi connectivity index (χ1n) is 5.74. The highest BCUT2D eigenvalue weighted by Crippen LogP contribution is 2.54. The molecule has 0 saturated carbocycles. The molecule has 1 aliphatic rings. The van der Waals surface area contributed by atoms with Crippen LogP contribution in [0.25, 0.3) is 11.2 Å². The number of hydrogen-bond acceptors (Lipinski definition) is 6. The zero-order valence-corrected chi connectivity index (χ0v) is 10.6. The molecule has 2 aromatic rings. The summed E-state index contributed by atoms with van der Waals surface area (Å²) in [6.07, 6.45) is 4.69. The Morgan fingerprint density at radius 3 is 3.06 bits per heavy atom. The predicted octanol–water partition coefficient (Wildman–Crippen LogP) is 0.666. The topological polar surface area (TPSA) is 107 Å². The van der Waals surface area contributed by atoms with Crippen LogP contribution >= 0.6 is 7.14 Å². The van der Waals surface area contributed by atoms with Crippen LogP contribution in [-0.4, -0.2) is 43.3 Å². The largest absolute Gasteiger partial charge is 0.389 e. The highest BCUT2D eigenvalue weighted by molar-refractivity contribution is 7.64. The molecule has 1 unspecified atom stereocenters. The van der Waals surface area contributed by atoms with Crippen molar-refractivity contribution in [2.75, 3.05) is 24.4 Å². The molecule has 7 nitrogen and oxygen atoms in total. The van der Waals surface area contributed by atoms with Gasteiger partial charge in [-0.2, -0.15) is 0 Å². The minimum Gasteiger partial charge on any atom is -0.389 e. The maximum atomic E-state index is 12.1. The Balaban J connectivity index is 2.02. The Morgan fingerprint density at radius 1 is 1.50 bits per heavy atom. The van der Waals surface area contributed by atoms with E-state index in [1.165, 1.54) is 6.33 Å². The number of anilines is 1. The van der Waals surface area contributed by atoms with Crippen LogP contribution in [0.15, 0.2) is 12.7 Å². The van der Waals surface area contributed by atoms with Gasteiger partial charge in [0.2, 0.25) is 0 Å². The van der Waals surface area contributed by atoms with Gasteiger partial charge in [-0.25, -0.2) is 15.0 Å². The van der Waals surface area contributed by atoms with E-state index in [-0.39, 0.29) is 12.4 Å². The summed E-state index contributed by atoms with van der Waals surface area (Å²) in [5.41, 5.74) is 6.96. The van der Waals surface area contributed by atoms with Gasteiger partial charge in [-0.05, 0) is 6.42 Å². The Kier molecular flexibility index (Phi) is 2.60. The van der Waals surface area contributed by atoms with Gasteiger partial charge in [-0.3, -0.25) is 0 Å². The fourth-order valence-corrected chi connectivity index (χ4v) is 4.78. The number of aromatic nitrogens is 4. The molecule has 1 fully saturated rings. The zero-order valence-electron chi connectivity index (χ0n) is 9.73. The smallest absolute Gasteiger partial charge is 0.165 e. The van der Waals surface area contributed by atoms with E-state index < -0.39 is 7.14 Å². The van der Waals surface area contributed by atoms with Gasteiger partial charge in [0.15, 0.2) is 11.5 Å². The molecular weight excluding hydrogens is 253 g/mol. The standard InChI is InChI=1S/C10H14N5O2P/c11-9-8-10(13-4-12-9)15(5-14-8)7-1-2-18(17,3-7)6-16/h4-5,7,16H,1-3,6H2,(H2,11,12,13)/t7-,18?/m0/s1. The lowest BCUT2D eigenvalue weighted by atomic mass is 10.2. The van der Waals surface area contributed by atoms with Gasteiger partial charge in [0, 0.05) is 18.4 Å². The van der Waals surface area contributed by atoms with Gasteiger partial charge >= 0.3 is 0 Å². The van der Waals surface area contributed by atoms with Crippen molar-refractivity contribution in [3.63, 3.8) is 0 Å². The summed E-state index contributed by atoms with van der Waals surface area (Å²) in [4.78, 5) is 12.3. The molecule has 0 aromatic carbocycles. The molecule has 8 heteroatoms. The number of aliphatic hydroxyl groups is 1. The number of nitrogens with two attached hydrogens (primary N) is 1. The van der Waals surface area contributed by atoms with Crippen molar-refractivity contribution in [2.45, 2.75) is 12.5 Å². The highest BCUT2D eigenvalue weighted by atomic mass is 31.2. The number of fused-ring (bicyclic) bond motifs is 1. The van der Waals surface area contributed by atoms with Crippen molar-refractivity contribution in [2.24, 2.45) is 0 Å². The third-order valence-corrected chi connectivity index (χ3v) is 6.13.